The number of aromatic nitrogens is 1. The van der Waals surface area contributed by atoms with E-state index in [4.69, 9.17) is 16.6 Å². The van der Waals surface area contributed by atoms with Crippen LogP contribution in [0.25, 0.3) is 49.4 Å². The van der Waals surface area contributed by atoms with E-state index in [1.54, 1.807) is 0 Å². The summed E-state index contributed by atoms with van der Waals surface area (Å²) in [7, 11) is 0. The fraction of sp³-hybridized carbons (Fsp3) is 0.0847. The van der Waals surface area contributed by atoms with Crippen LogP contribution in [0.15, 0.2) is 240 Å². The predicted molar refractivity (Wildman–Crippen MR) is 272 cm³/mol. The summed E-state index contributed by atoms with van der Waals surface area (Å²) < 4.78 is 2.38. The Labute approximate surface area is 375 Å². The molecule has 1 unspecified atom stereocenters. The van der Waals surface area contributed by atoms with Crippen LogP contribution in [-0.2, 0) is 0 Å². The fourth-order valence-electron chi connectivity index (χ4n) is 8.86. The molecule has 0 spiro atoms. The third-order valence-electron chi connectivity index (χ3n) is 12.1. The molecule has 10 rings (SSSR count). The highest BCUT2D eigenvalue weighted by molar-refractivity contribution is 6.17. The zero-order chi connectivity index (χ0) is 43.6. The maximum absolute atomic E-state index is 5.57. The van der Waals surface area contributed by atoms with Gasteiger partial charge in [0.2, 0.25) is 5.96 Å². The van der Waals surface area contributed by atoms with E-state index in [1.165, 1.54) is 27.5 Å². The van der Waals surface area contributed by atoms with E-state index in [0.717, 1.165) is 67.9 Å². The number of guanidine groups is 1. The molecule has 0 radical (unpaired) electrons. The first-order chi connectivity index (χ1) is 31.4. The molecule has 0 fully saturated rings. The largest absolute Gasteiger partial charge is 0.309 e. The maximum Gasteiger partial charge on any atom is 0.236 e. The fourth-order valence-corrected chi connectivity index (χ4v) is 8.86. The van der Waals surface area contributed by atoms with Crippen LogP contribution >= 0.6 is 0 Å². The molecule has 64 heavy (non-hydrogen) atoms. The zero-order valence-electron chi connectivity index (χ0n) is 36.4. The Kier molecular flexibility index (Phi) is 10.9. The summed E-state index contributed by atoms with van der Waals surface area (Å²) in [6, 6.07) is 68.6. The Hall–Kier alpha value is -8.02. The molecule has 0 N–H and O–H groups in total. The number of para-hydroxylation sites is 3. The minimum Gasteiger partial charge on any atom is -0.309 e. The third kappa shape index (κ3) is 7.84. The first kappa shape index (κ1) is 40.1. The van der Waals surface area contributed by atoms with Crippen LogP contribution in [0.5, 0.6) is 0 Å². The number of hydrogen-bond acceptors (Lipinski definition) is 2. The SMILES string of the molecule is C=C(/N=C(\N=C(/C)c1ccc2c3ccc(-c4ccc(C)cc4)cc3n(-c3ccccc3)c2c1)N(c1ccccc1)c1cccc2ccccc12)N(C1=CC(C)CC=C1)c1ccccc1. The van der Waals surface area contributed by atoms with Crippen molar-refractivity contribution >= 4 is 61.3 Å². The highest BCUT2D eigenvalue weighted by Crippen LogP contribution is 2.38. The van der Waals surface area contributed by atoms with Crippen molar-refractivity contribution in [2.45, 2.75) is 27.2 Å². The van der Waals surface area contributed by atoms with E-state index in [2.05, 4.69) is 235 Å². The summed E-state index contributed by atoms with van der Waals surface area (Å²) in [6.07, 6.45) is 7.69. The van der Waals surface area contributed by atoms with Crippen LogP contribution in [0.3, 0.4) is 0 Å². The molecule has 0 saturated carbocycles. The lowest BCUT2D eigenvalue weighted by molar-refractivity contribution is 0.724. The first-order valence-corrected chi connectivity index (χ1v) is 22.0. The first-order valence-electron chi connectivity index (χ1n) is 22.0. The van der Waals surface area contributed by atoms with E-state index in [-0.39, 0.29) is 0 Å². The normalized spacial score (nSPS) is 14.2. The monoisotopic (exact) mass is 827 g/mol. The van der Waals surface area contributed by atoms with Crippen molar-refractivity contribution in [1.29, 1.82) is 0 Å². The molecular formula is C59H49N5. The summed E-state index contributed by atoms with van der Waals surface area (Å²) in [5, 5.41) is 4.59. The molecule has 1 aliphatic rings. The lowest BCUT2D eigenvalue weighted by Gasteiger charge is -2.30. The molecule has 5 nitrogen and oxygen atoms in total. The predicted octanol–water partition coefficient (Wildman–Crippen LogP) is 15.4. The summed E-state index contributed by atoms with van der Waals surface area (Å²) in [6.45, 7) is 11.1. The Bertz CT molecular complexity index is 3280. The number of allylic oxidation sites excluding steroid dienone is 3. The van der Waals surface area contributed by atoms with E-state index in [1.807, 2.05) is 12.1 Å². The van der Waals surface area contributed by atoms with Crippen LogP contribution < -0.4 is 9.80 Å². The number of fused-ring (bicyclic) bond motifs is 4. The topological polar surface area (TPSA) is 36.1 Å². The van der Waals surface area contributed by atoms with Crippen molar-refractivity contribution in [3.63, 3.8) is 0 Å². The van der Waals surface area contributed by atoms with Gasteiger partial charge in [-0.2, -0.15) is 4.99 Å². The van der Waals surface area contributed by atoms with Crippen LogP contribution in [0.1, 0.15) is 31.4 Å². The van der Waals surface area contributed by atoms with Crippen molar-refractivity contribution in [3.05, 3.63) is 242 Å². The van der Waals surface area contributed by atoms with Gasteiger partial charge in [0.15, 0.2) is 0 Å². The Morgan fingerprint density at radius 1 is 0.594 bits per heavy atom. The molecule has 1 aliphatic carbocycles. The standard InChI is InChI=1S/C59H49N5/c1-41-30-32-45(33-31-41)48-35-37-55-54-36-34-47(39-57(54)63(58(55)40-48)50-23-10-6-11-24-50)43(3)60-59(61-44(4)62(49-21-8-5-9-22-49)52-27-16-18-42(2)38-52)64(51-25-12-7-13-26-51)56-29-17-20-46-19-14-15-28-53(46)56/h5-17,19-40,42H,4,18H2,1-3H3/b60-43+,61-59+. The number of benzene rings is 8. The van der Waals surface area contributed by atoms with Gasteiger partial charge in [0.1, 0.15) is 5.82 Å². The zero-order valence-corrected chi connectivity index (χ0v) is 36.4. The average molecular weight is 828 g/mol. The minimum atomic E-state index is 0.370. The third-order valence-corrected chi connectivity index (χ3v) is 12.1. The average Bonchev–Trinajstić information content (AvgIpc) is 3.66. The van der Waals surface area contributed by atoms with E-state index in [0.29, 0.717) is 17.7 Å². The molecule has 1 atom stereocenters. The Balaban J connectivity index is 1.18. The second-order valence-electron chi connectivity index (χ2n) is 16.6. The molecule has 310 valence electrons. The van der Waals surface area contributed by atoms with Gasteiger partial charge < -0.3 is 4.57 Å². The summed E-state index contributed by atoms with van der Waals surface area (Å²) in [5.41, 5.74) is 12.7. The molecule has 0 bridgehead atoms. The Morgan fingerprint density at radius 2 is 1.20 bits per heavy atom. The van der Waals surface area contributed by atoms with Gasteiger partial charge in [-0.25, -0.2) is 4.99 Å². The van der Waals surface area contributed by atoms with Crippen LogP contribution in [-0.4, -0.2) is 16.2 Å². The van der Waals surface area contributed by atoms with Gasteiger partial charge in [-0.1, -0.05) is 171 Å². The van der Waals surface area contributed by atoms with Gasteiger partial charge in [-0.3, -0.25) is 9.80 Å². The molecule has 1 heterocycles. The lowest BCUT2D eigenvalue weighted by Crippen LogP contribution is -2.28. The lowest BCUT2D eigenvalue weighted by atomic mass is 10.0. The van der Waals surface area contributed by atoms with Gasteiger partial charge in [-0.05, 0) is 109 Å². The number of hydrogen-bond donors (Lipinski definition) is 0. The van der Waals surface area contributed by atoms with Gasteiger partial charge >= 0.3 is 0 Å². The second kappa shape index (κ2) is 17.4. The number of nitrogens with zero attached hydrogens (tertiary/aromatic N) is 5. The van der Waals surface area contributed by atoms with Gasteiger partial charge in [0, 0.05) is 44.6 Å². The molecule has 0 amide bonds. The van der Waals surface area contributed by atoms with Crippen molar-refractivity contribution in [1.82, 2.24) is 4.57 Å². The van der Waals surface area contributed by atoms with E-state index < -0.39 is 0 Å². The van der Waals surface area contributed by atoms with Crippen molar-refractivity contribution in [2.24, 2.45) is 15.9 Å². The number of aryl methyl sites for hydroxylation is 1. The van der Waals surface area contributed by atoms with Gasteiger partial charge in [0.05, 0.1) is 16.7 Å². The summed E-state index contributed by atoms with van der Waals surface area (Å²) in [4.78, 5) is 15.4. The van der Waals surface area contributed by atoms with Crippen molar-refractivity contribution in [2.75, 3.05) is 9.80 Å². The van der Waals surface area contributed by atoms with Gasteiger partial charge in [-0.15, -0.1) is 0 Å². The van der Waals surface area contributed by atoms with E-state index >= 15 is 0 Å². The summed E-state index contributed by atoms with van der Waals surface area (Å²) >= 11 is 0. The smallest absolute Gasteiger partial charge is 0.236 e. The molecule has 0 saturated heterocycles. The number of aliphatic imine (C=N–C) groups is 2. The van der Waals surface area contributed by atoms with Crippen LogP contribution in [0.2, 0.25) is 0 Å². The van der Waals surface area contributed by atoms with Crippen LogP contribution in [0, 0.1) is 12.8 Å². The second-order valence-corrected chi connectivity index (χ2v) is 16.6. The maximum atomic E-state index is 5.57. The Morgan fingerprint density at radius 3 is 1.92 bits per heavy atom. The van der Waals surface area contributed by atoms with Crippen molar-refractivity contribution in [3.8, 4) is 16.8 Å². The highest BCUT2D eigenvalue weighted by atomic mass is 15.3. The highest BCUT2D eigenvalue weighted by Gasteiger charge is 2.23. The molecule has 8 aromatic carbocycles. The van der Waals surface area contributed by atoms with Gasteiger partial charge in [0.25, 0.3) is 0 Å². The number of anilines is 3. The van der Waals surface area contributed by atoms with E-state index in [9.17, 15) is 0 Å². The molecule has 1 aromatic heterocycles. The number of rotatable bonds is 9. The van der Waals surface area contributed by atoms with Crippen LogP contribution in [0.4, 0.5) is 17.1 Å². The molecular weight excluding hydrogens is 779 g/mol. The molecule has 9 aromatic rings. The quantitative estimate of drug-likeness (QED) is 0.107. The molecule has 0 aliphatic heterocycles. The minimum absolute atomic E-state index is 0.370. The molecule has 5 heteroatoms. The summed E-state index contributed by atoms with van der Waals surface area (Å²) in [5.74, 6) is 1.41. The van der Waals surface area contributed by atoms with Crippen molar-refractivity contribution < 1.29 is 0 Å².